The van der Waals surface area contributed by atoms with Crippen LogP contribution in [-0.2, 0) is 0 Å². The van der Waals surface area contributed by atoms with E-state index in [0.717, 1.165) is 27.7 Å². The maximum absolute atomic E-state index is 12.3. The van der Waals surface area contributed by atoms with Crippen molar-refractivity contribution >= 4 is 22.9 Å². The van der Waals surface area contributed by atoms with Gasteiger partial charge in [-0.1, -0.05) is 46.2 Å². The summed E-state index contributed by atoms with van der Waals surface area (Å²) in [4.78, 5) is 16.9. The lowest BCUT2D eigenvalue weighted by Crippen LogP contribution is -2.11. The molecule has 0 fully saturated rings. The summed E-state index contributed by atoms with van der Waals surface area (Å²) in [7, 11) is 1.60. The molecule has 0 saturated heterocycles. The second-order valence-electron chi connectivity index (χ2n) is 6.69. The minimum Gasteiger partial charge on any atom is -0.497 e. The number of ether oxygens (including phenoxy) is 1. The van der Waals surface area contributed by atoms with Crippen LogP contribution in [-0.4, -0.2) is 18.0 Å². The monoisotopic (exact) mass is 396 g/mol. The highest BCUT2D eigenvalue weighted by molar-refractivity contribution is 7.10. The van der Waals surface area contributed by atoms with Gasteiger partial charge >= 0.3 is 0 Å². The summed E-state index contributed by atoms with van der Waals surface area (Å²) in [5.74, 6) is 1.01. The first-order valence-electron chi connectivity index (χ1n) is 9.49. The van der Waals surface area contributed by atoms with Gasteiger partial charge in [-0.2, -0.15) is 0 Å². The van der Waals surface area contributed by atoms with Crippen LogP contribution in [0.15, 0.2) is 53.9 Å². The molecule has 28 heavy (non-hydrogen) atoms. The maximum Gasteiger partial charge on any atom is 0.255 e. The molecule has 1 aromatic heterocycles. The van der Waals surface area contributed by atoms with Crippen LogP contribution in [0.2, 0.25) is 0 Å². The van der Waals surface area contributed by atoms with Crippen LogP contribution in [0.25, 0.3) is 11.3 Å². The smallest absolute Gasteiger partial charge is 0.255 e. The largest absolute Gasteiger partial charge is 0.497 e. The zero-order chi connectivity index (χ0) is 20.5. The first-order valence-corrected chi connectivity index (χ1v) is 10.4. The number of rotatable bonds is 5. The third kappa shape index (κ3) is 5.92. The minimum absolute atomic E-state index is 0.147. The van der Waals surface area contributed by atoms with Crippen LogP contribution in [0.1, 0.15) is 55.4 Å². The van der Waals surface area contributed by atoms with E-state index >= 15 is 0 Å². The van der Waals surface area contributed by atoms with Crippen molar-refractivity contribution in [1.29, 1.82) is 0 Å². The predicted octanol–water partition coefficient (Wildman–Crippen LogP) is 6.61. The molecule has 148 valence electrons. The lowest BCUT2D eigenvalue weighted by atomic mass is 10.1. The minimum atomic E-state index is -0.147. The van der Waals surface area contributed by atoms with Crippen molar-refractivity contribution in [1.82, 2.24) is 4.98 Å². The van der Waals surface area contributed by atoms with E-state index in [1.54, 1.807) is 42.7 Å². The molecule has 0 unspecified atom stereocenters. The van der Waals surface area contributed by atoms with Gasteiger partial charge in [0, 0.05) is 28.1 Å². The van der Waals surface area contributed by atoms with Gasteiger partial charge in [-0.05, 0) is 36.4 Å². The van der Waals surface area contributed by atoms with E-state index < -0.39 is 0 Å². The molecule has 0 bridgehead atoms. The van der Waals surface area contributed by atoms with E-state index in [1.807, 2.05) is 24.3 Å². The van der Waals surface area contributed by atoms with Crippen molar-refractivity contribution in [2.75, 3.05) is 12.4 Å². The first kappa shape index (κ1) is 21.6. The van der Waals surface area contributed by atoms with Crippen molar-refractivity contribution < 1.29 is 9.53 Å². The van der Waals surface area contributed by atoms with Gasteiger partial charge in [-0.15, -0.1) is 11.3 Å². The molecule has 0 aliphatic rings. The molecule has 1 heterocycles. The molecule has 1 amide bonds. The van der Waals surface area contributed by atoms with Crippen molar-refractivity contribution in [2.45, 2.75) is 40.0 Å². The Morgan fingerprint density at radius 1 is 1.07 bits per heavy atom. The Morgan fingerprint density at radius 3 is 2.18 bits per heavy atom. The number of thiazole rings is 1. The molecule has 0 saturated carbocycles. The third-order valence-electron chi connectivity index (χ3n) is 3.81. The van der Waals surface area contributed by atoms with Gasteiger partial charge in [-0.25, -0.2) is 4.98 Å². The van der Waals surface area contributed by atoms with Crippen LogP contribution in [0.3, 0.4) is 0 Å². The molecule has 3 rings (SSSR count). The summed E-state index contributed by atoms with van der Waals surface area (Å²) >= 11 is 1.68. The lowest BCUT2D eigenvalue weighted by Gasteiger charge is -2.07. The Morgan fingerprint density at radius 2 is 1.68 bits per heavy atom. The number of nitrogens with one attached hydrogen (secondary N) is 1. The van der Waals surface area contributed by atoms with Gasteiger partial charge in [0.2, 0.25) is 0 Å². The summed E-state index contributed by atoms with van der Waals surface area (Å²) in [6, 6.07) is 14.8. The van der Waals surface area contributed by atoms with Gasteiger partial charge in [0.1, 0.15) is 5.75 Å². The molecular formula is C23H28N2O2S. The summed E-state index contributed by atoms with van der Waals surface area (Å²) in [5.41, 5.74) is 3.36. The molecular weight excluding hydrogens is 368 g/mol. The molecule has 0 aliphatic carbocycles. The Balaban J connectivity index is 0.000000878. The van der Waals surface area contributed by atoms with Crippen LogP contribution in [0, 0.1) is 0 Å². The number of hydrogen-bond acceptors (Lipinski definition) is 4. The molecule has 2 aromatic carbocycles. The Labute approximate surface area is 171 Å². The number of hydrogen-bond donors (Lipinski definition) is 1. The zero-order valence-electron chi connectivity index (χ0n) is 17.2. The molecule has 5 heteroatoms. The second kappa shape index (κ2) is 10.6. The molecule has 0 aliphatic heterocycles. The maximum atomic E-state index is 12.3. The Hall–Kier alpha value is -2.66. The number of anilines is 1. The van der Waals surface area contributed by atoms with Crippen LogP contribution < -0.4 is 10.1 Å². The number of nitrogens with zero attached hydrogens (tertiary/aromatic N) is 1. The molecule has 4 nitrogen and oxygen atoms in total. The standard InChI is InChI=1S/C20H20N2O2S.C3H8/c1-13(2)20-22-18(12-25-20)14-4-8-16(9-5-14)21-19(23)15-6-10-17(24-3)11-7-15;1-3-2/h4-13H,1-3H3,(H,21,23);3H2,1-2H3. The highest BCUT2D eigenvalue weighted by Crippen LogP contribution is 2.27. The average molecular weight is 397 g/mol. The quantitative estimate of drug-likeness (QED) is 0.528. The van der Waals surface area contributed by atoms with Crippen molar-refractivity contribution in [3.8, 4) is 17.0 Å². The van der Waals surface area contributed by atoms with Gasteiger partial charge < -0.3 is 10.1 Å². The van der Waals surface area contributed by atoms with E-state index in [0.29, 0.717) is 11.5 Å². The van der Waals surface area contributed by atoms with Gasteiger partial charge in [-0.3, -0.25) is 4.79 Å². The van der Waals surface area contributed by atoms with E-state index in [-0.39, 0.29) is 5.91 Å². The van der Waals surface area contributed by atoms with Gasteiger partial charge in [0.15, 0.2) is 0 Å². The number of amides is 1. The normalized spacial score (nSPS) is 10.2. The molecule has 3 aromatic rings. The lowest BCUT2D eigenvalue weighted by molar-refractivity contribution is 0.102. The topological polar surface area (TPSA) is 51.2 Å². The van der Waals surface area contributed by atoms with E-state index in [1.165, 1.54) is 6.42 Å². The molecule has 0 atom stereocenters. The molecule has 0 spiro atoms. The fraction of sp³-hybridized carbons (Fsp3) is 0.304. The second-order valence-corrected chi connectivity index (χ2v) is 7.58. The fourth-order valence-corrected chi connectivity index (χ4v) is 3.20. The van der Waals surface area contributed by atoms with Crippen LogP contribution >= 0.6 is 11.3 Å². The number of carbonyl (C=O) groups excluding carboxylic acids is 1. The van der Waals surface area contributed by atoms with Crippen molar-refractivity contribution in [2.24, 2.45) is 0 Å². The summed E-state index contributed by atoms with van der Waals surface area (Å²) in [6.07, 6.45) is 1.25. The Bertz CT molecular complexity index is 868. The van der Waals surface area contributed by atoms with Crippen LogP contribution in [0.5, 0.6) is 5.75 Å². The Kier molecular flexibility index (Phi) is 8.20. The zero-order valence-corrected chi connectivity index (χ0v) is 18.0. The van der Waals surface area contributed by atoms with E-state index in [2.05, 4.69) is 43.4 Å². The van der Waals surface area contributed by atoms with Crippen LogP contribution in [0.4, 0.5) is 5.69 Å². The fourth-order valence-electron chi connectivity index (χ4n) is 2.36. The first-order chi connectivity index (χ1) is 13.5. The van der Waals surface area contributed by atoms with E-state index in [9.17, 15) is 4.79 Å². The third-order valence-corrected chi connectivity index (χ3v) is 4.95. The molecule has 0 radical (unpaired) electrons. The van der Waals surface area contributed by atoms with E-state index in [4.69, 9.17) is 4.74 Å². The summed E-state index contributed by atoms with van der Waals surface area (Å²) in [6.45, 7) is 8.53. The number of carbonyl (C=O) groups is 1. The number of benzene rings is 2. The van der Waals surface area contributed by atoms with Gasteiger partial charge in [0.05, 0.1) is 17.8 Å². The number of methoxy groups -OCH3 is 1. The average Bonchev–Trinajstić information content (AvgIpc) is 3.20. The van der Waals surface area contributed by atoms with Crippen molar-refractivity contribution in [3.05, 3.63) is 64.5 Å². The highest BCUT2D eigenvalue weighted by atomic mass is 32.1. The number of aromatic nitrogens is 1. The predicted molar refractivity (Wildman–Crippen MR) is 119 cm³/mol. The summed E-state index contributed by atoms with van der Waals surface area (Å²) in [5, 5.41) is 6.10. The van der Waals surface area contributed by atoms with Gasteiger partial charge in [0.25, 0.3) is 5.91 Å². The summed E-state index contributed by atoms with van der Waals surface area (Å²) < 4.78 is 5.10. The molecule has 1 N–H and O–H groups in total. The van der Waals surface area contributed by atoms with Crippen molar-refractivity contribution in [3.63, 3.8) is 0 Å². The SMILES string of the molecule is CCC.COc1ccc(C(=O)Nc2ccc(-c3csc(C(C)C)n3)cc2)cc1. The highest BCUT2D eigenvalue weighted by Gasteiger charge is 2.09.